The van der Waals surface area contributed by atoms with Crippen LogP contribution in [0.5, 0.6) is 0 Å². The average molecular weight is 1420 g/mol. The fourth-order valence-corrected chi connectivity index (χ4v) is 17.9. The van der Waals surface area contributed by atoms with Crippen molar-refractivity contribution in [2.24, 2.45) is 0 Å². The maximum atomic E-state index is 14.9. The molecule has 0 aliphatic carbocycles. The van der Waals surface area contributed by atoms with Gasteiger partial charge in [0.05, 0.1) is 69.5 Å². The zero-order valence-electron chi connectivity index (χ0n) is 60.7. The minimum atomic E-state index is -0.359. The molecule has 0 radical (unpaired) electrons. The van der Waals surface area contributed by atoms with Crippen molar-refractivity contribution in [1.82, 2.24) is 53.9 Å². The molecule has 11 heterocycles. The first-order chi connectivity index (χ1) is 50.9. The summed E-state index contributed by atoms with van der Waals surface area (Å²) in [6.45, 7) is 25.8. The lowest BCUT2D eigenvalue weighted by atomic mass is 9.79. The van der Waals surface area contributed by atoms with Gasteiger partial charge in [-0.2, -0.15) is 0 Å². The van der Waals surface area contributed by atoms with E-state index in [-0.39, 0.29) is 53.8 Å². The van der Waals surface area contributed by atoms with Gasteiger partial charge < -0.3 is 28.7 Å². The second kappa shape index (κ2) is 33.3. The van der Waals surface area contributed by atoms with Crippen molar-refractivity contribution in [3.8, 4) is 11.1 Å². The molecule has 11 aliphatic rings. The first kappa shape index (κ1) is 72.3. The Labute approximate surface area is 610 Å². The summed E-state index contributed by atoms with van der Waals surface area (Å²) in [4.78, 5) is 137. The molecule has 0 atom stereocenters. The van der Waals surface area contributed by atoms with E-state index >= 15 is 0 Å². The van der Waals surface area contributed by atoms with Crippen LogP contribution in [-0.4, -0.2) is 311 Å². The summed E-state index contributed by atoms with van der Waals surface area (Å²) in [5.74, 6) is -2.73. The second-order valence-corrected chi connectivity index (χ2v) is 30.2. The van der Waals surface area contributed by atoms with Crippen LogP contribution < -0.4 is 0 Å². The van der Waals surface area contributed by atoms with E-state index in [4.69, 9.17) is 18.9 Å². The molecule has 0 saturated carbocycles. The van der Waals surface area contributed by atoms with Gasteiger partial charge in [0.1, 0.15) is 0 Å². The van der Waals surface area contributed by atoms with Crippen LogP contribution in [-0.2, 0) is 38.3 Å². The zero-order valence-corrected chi connectivity index (χ0v) is 60.7. The maximum absolute atomic E-state index is 14.9. The highest BCUT2D eigenvalue weighted by atomic mass is 16.5. The molecule has 0 spiro atoms. The number of morpholine rings is 4. The molecule has 5 aromatic carbocycles. The van der Waals surface area contributed by atoms with E-state index in [2.05, 4.69) is 46.4 Å². The minimum absolute atomic E-state index is 0.284. The van der Waals surface area contributed by atoms with Gasteiger partial charge in [0.25, 0.3) is 47.3 Å². The molecule has 554 valence electrons. The van der Waals surface area contributed by atoms with Crippen LogP contribution in [0.1, 0.15) is 177 Å². The number of likely N-dealkylation sites (tertiary alicyclic amines) is 3. The lowest BCUT2D eigenvalue weighted by Crippen LogP contribution is -2.46. The lowest BCUT2D eigenvalue weighted by Gasteiger charge is -2.35. The Morgan fingerprint density at radius 2 is 0.558 bits per heavy atom. The third-order valence-corrected chi connectivity index (χ3v) is 23.6. The van der Waals surface area contributed by atoms with Crippen LogP contribution in [0.15, 0.2) is 54.6 Å². The number of ether oxygens (including phenoxy) is 4. The van der Waals surface area contributed by atoms with Gasteiger partial charge in [0, 0.05) is 161 Å². The molecule has 5 aromatic rings. The zero-order chi connectivity index (χ0) is 71.2. The van der Waals surface area contributed by atoms with Gasteiger partial charge in [-0.15, -0.1) is 0 Å². The molecular weight excluding hydrogens is 1320 g/mol. The Kier molecular flexibility index (Phi) is 23.1. The summed E-state index contributed by atoms with van der Waals surface area (Å²) in [6, 6.07) is 17.3. The van der Waals surface area contributed by atoms with Crippen LogP contribution in [0.25, 0.3) is 32.7 Å². The number of carbonyl (C=O) groups is 8. The smallest absolute Gasteiger partial charge is 0.262 e. The molecule has 8 amide bonds. The monoisotopic (exact) mass is 1420 g/mol. The molecule has 0 bridgehead atoms. The highest BCUT2D eigenvalue weighted by molar-refractivity contribution is 6.36. The van der Waals surface area contributed by atoms with Crippen LogP contribution in [0.2, 0.25) is 0 Å². The number of hydrogen-bond acceptors (Lipinski definition) is 19. The van der Waals surface area contributed by atoms with Crippen LogP contribution >= 0.6 is 0 Å². The molecule has 104 heavy (non-hydrogen) atoms. The Balaban J connectivity index is 0.000000172. The van der Waals surface area contributed by atoms with E-state index in [0.29, 0.717) is 183 Å². The van der Waals surface area contributed by atoms with Gasteiger partial charge in [-0.3, -0.25) is 82.5 Å². The number of hydrogen-bond donors (Lipinski definition) is 0. The second-order valence-electron chi connectivity index (χ2n) is 30.2. The highest BCUT2D eigenvalue weighted by Gasteiger charge is 2.45. The summed E-state index contributed by atoms with van der Waals surface area (Å²) in [5, 5.41) is 1.89. The van der Waals surface area contributed by atoms with E-state index in [1.165, 1.54) is 63.7 Å². The third-order valence-electron chi connectivity index (χ3n) is 23.6. The largest absolute Gasteiger partial charge is 0.379 e. The molecule has 0 aromatic heterocycles. The van der Waals surface area contributed by atoms with Crippen LogP contribution in [0.4, 0.5) is 0 Å². The molecule has 23 heteroatoms. The molecule has 0 N–H and O–H groups in total. The van der Waals surface area contributed by atoms with Gasteiger partial charge in [-0.1, -0.05) is 24.3 Å². The first-order valence-corrected chi connectivity index (χ1v) is 39.2. The van der Waals surface area contributed by atoms with Crippen LogP contribution in [0.3, 0.4) is 0 Å². The van der Waals surface area contributed by atoms with Crippen molar-refractivity contribution in [1.29, 1.82) is 0 Å². The van der Waals surface area contributed by atoms with E-state index < -0.39 is 0 Å². The molecule has 16 rings (SSSR count). The minimum Gasteiger partial charge on any atom is -0.379 e. The molecule has 11 aliphatic heterocycles. The summed E-state index contributed by atoms with van der Waals surface area (Å²) < 4.78 is 22.0. The molecule has 0 unspecified atom stereocenters. The summed E-state index contributed by atoms with van der Waals surface area (Å²) in [6.07, 6.45) is 12.8. The predicted octanol–water partition coefficient (Wildman–Crippen LogP) is 7.27. The first-order valence-electron chi connectivity index (χ1n) is 39.2. The number of carbonyl (C=O) groups excluding carboxylic acids is 8. The van der Waals surface area contributed by atoms with Crippen LogP contribution in [0, 0.1) is 0 Å². The van der Waals surface area contributed by atoms with E-state index in [9.17, 15) is 38.4 Å². The van der Waals surface area contributed by atoms with Gasteiger partial charge in [-0.05, 0) is 200 Å². The Morgan fingerprint density at radius 1 is 0.260 bits per heavy atom. The van der Waals surface area contributed by atoms with E-state index in [1.807, 2.05) is 30.3 Å². The van der Waals surface area contributed by atoms with Gasteiger partial charge in [-0.25, -0.2) is 0 Å². The van der Waals surface area contributed by atoms with E-state index in [1.54, 1.807) is 12.1 Å². The third kappa shape index (κ3) is 15.4. The van der Waals surface area contributed by atoms with Gasteiger partial charge in [0.2, 0.25) is 0 Å². The molecule has 7 saturated heterocycles. The topological polar surface area (TPSA) is 209 Å². The Morgan fingerprint density at radius 3 is 0.962 bits per heavy atom. The quantitative estimate of drug-likeness (QED) is 0.0473. The summed E-state index contributed by atoms with van der Waals surface area (Å²) in [5.41, 5.74) is 7.68. The summed E-state index contributed by atoms with van der Waals surface area (Å²) >= 11 is 0. The number of imide groups is 4. The SMILES string of the molecule is O=C1c2cc(-c3ccc(CN4CCCC4)cc3)c3c4c(cc(CCCN5CCCC5)c(c24)C(=O)N1CCCN1CCOCC1)C(=O)N(CCCN1CCOCC1)C3=O.O=C1c2ccc3c4c(c(CCCN5CCCC5)cc(c24)C(=O)N1CCCN1CCOCC1)C(=O)N(CCCN1CCOCC1)C3=O. The number of amides is 8. The number of rotatable bonds is 27. The van der Waals surface area contributed by atoms with Gasteiger partial charge >= 0.3 is 0 Å². The Hall–Kier alpha value is -7.26. The highest BCUT2D eigenvalue weighted by Crippen LogP contribution is 2.46. The normalized spacial score (nSPS) is 21.2. The molecule has 23 nitrogen and oxygen atoms in total. The number of nitrogens with zero attached hydrogens (tertiary/aromatic N) is 11. The fourth-order valence-electron chi connectivity index (χ4n) is 17.9. The van der Waals surface area contributed by atoms with Crippen molar-refractivity contribution < 1.29 is 57.3 Å². The van der Waals surface area contributed by atoms with E-state index in [0.717, 1.165) is 167 Å². The average Bonchev–Trinajstić information content (AvgIpc) is 0.846. The van der Waals surface area contributed by atoms with Gasteiger partial charge in [0.15, 0.2) is 0 Å². The molecule has 7 fully saturated rings. The lowest BCUT2D eigenvalue weighted by molar-refractivity contribution is 0.0351. The number of aryl methyl sites for hydroxylation is 2. The standard InChI is InChI=1S/C46H58N6O6.C35H45N5O6/c53-43-37-30-35(8-5-17-47-13-1-2-14-47)39-40-38(44(54)51(45(39)55)20-6-18-48-22-26-57-27-23-48)31-36(34-11-9-33(10-12-34)32-50-15-3-4-16-50)42(41(37)40)46(56)52(43)21-7-19-49-24-28-58-29-25-49;41-32-26-7-8-27-31-29(35(44)40(33(27)42)15-5-13-38-18-22-46-23-19-38)25(6-3-11-36-9-1-2-10-36)24-28(30(26)31)34(43)39(32)14-4-12-37-16-20-45-21-17-37/h9-12,30-31H,1-8,13-29,32H2;7-8,24H,1-6,9-23H2. The van der Waals surface area contributed by atoms with Crippen molar-refractivity contribution in [2.45, 2.75) is 96.4 Å². The fraction of sp³-hybridized carbons (Fsp3) is 0.580. The maximum Gasteiger partial charge on any atom is 0.262 e. The number of benzene rings is 5. The van der Waals surface area contributed by atoms with Crippen molar-refractivity contribution in [3.63, 3.8) is 0 Å². The van der Waals surface area contributed by atoms with Crippen molar-refractivity contribution in [2.75, 3.05) is 210 Å². The van der Waals surface area contributed by atoms with Crippen molar-refractivity contribution >= 4 is 68.8 Å². The predicted molar refractivity (Wildman–Crippen MR) is 395 cm³/mol. The summed E-state index contributed by atoms with van der Waals surface area (Å²) in [7, 11) is 0. The molecular formula is C81H103N11O12. The Bertz CT molecular complexity index is 4050. The van der Waals surface area contributed by atoms with Crippen molar-refractivity contribution in [3.05, 3.63) is 116 Å².